The van der Waals surface area contributed by atoms with Crippen molar-refractivity contribution in [1.29, 1.82) is 0 Å². The van der Waals surface area contributed by atoms with E-state index in [-0.39, 0.29) is 0 Å². The highest BCUT2D eigenvalue weighted by Gasteiger charge is 2.26. The van der Waals surface area contributed by atoms with Gasteiger partial charge in [-0.1, -0.05) is 96.8 Å². The third-order valence-electron chi connectivity index (χ3n) is 8.43. The molecule has 3 heteroatoms. The van der Waals surface area contributed by atoms with Crippen LogP contribution in [0.4, 0.5) is 28.4 Å². The van der Waals surface area contributed by atoms with Crippen molar-refractivity contribution in [1.82, 2.24) is 4.57 Å². The van der Waals surface area contributed by atoms with E-state index in [9.17, 15) is 0 Å². The summed E-state index contributed by atoms with van der Waals surface area (Å²) in [5.74, 6) is 0. The molecule has 0 radical (unpaired) electrons. The molecule has 2 aliphatic rings. The Bertz CT molecular complexity index is 2180. The van der Waals surface area contributed by atoms with Crippen LogP contribution in [0.25, 0.3) is 27.5 Å². The lowest BCUT2D eigenvalue weighted by atomic mass is 10.0. The summed E-state index contributed by atoms with van der Waals surface area (Å²) in [5, 5.41) is 2.37. The standard InChI is InChI=1S/C42H31N3/c1-6-18-32(19-7-1)43(33-20-8-2-9-21-33)37-30-39-38-28-16-17-29-40(38)45(36-26-14-5-15-27-36)42(39)41(31-37)44(34-22-10-3-11-23-34)35-24-12-4-13-25-35/h1-12,14,16-24,26,28-31H,13,25H2. The quantitative estimate of drug-likeness (QED) is 0.175. The summed E-state index contributed by atoms with van der Waals surface area (Å²) in [7, 11) is 0. The van der Waals surface area contributed by atoms with E-state index in [1.807, 2.05) is 12.2 Å². The fraction of sp³-hybridized carbons (Fsp3) is 0.0476. The van der Waals surface area contributed by atoms with Crippen LogP contribution in [0.5, 0.6) is 0 Å². The van der Waals surface area contributed by atoms with Gasteiger partial charge in [-0.3, -0.25) is 4.57 Å². The Morgan fingerprint density at radius 3 is 1.87 bits per heavy atom. The van der Waals surface area contributed by atoms with Crippen LogP contribution >= 0.6 is 0 Å². The van der Waals surface area contributed by atoms with E-state index in [0.29, 0.717) is 0 Å². The molecule has 0 bridgehead atoms. The highest BCUT2D eigenvalue weighted by molar-refractivity contribution is 6.16. The van der Waals surface area contributed by atoms with Crippen LogP contribution in [0.3, 0.4) is 0 Å². The zero-order valence-electron chi connectivity index (χ0n) is 24.8. The minimum atomic E-state index is 0.948. The molecular formula is C42H31N3. The van der Waals surface area contributed by atoms with Gasteiger partial charge in [0.2, 0.25) is 0 Å². The summed E-state index contributed by atoms with van der Waals surface area (Å²) >= 11 is 0. The lowest BCUT2D eigenvalue weighted by Crippen LogP contribution is -2.19. The highest BCUT2D eigenvalue weighted by atomic mass is 15.2. The first kappa shape index (κ1) is 26.6. The van der Waals surface area contributed by atoms with E-state index in [4.69, 9.17) is 0 Å². The number of hydrogen-bond acceptors (Lipinski definition) is 2. The van der Waals surface area contributed by atoms with Gasteiger partial charge in [-0.15, -0.1) is 0 Å². The first-order chi connectivity index (χ1) is 22.4. The molecule has 0 atom stereocenters. The number of para-hydroxylation sites is 4. The van der Waals surface area contributed by atoms with E-state index in [0.717, 1.165) is 58.0 Å². The maximum absolute atomic E-state index is 3.41. The number of rotatable bonds is 7. The molecule has 0 aliphatic heterocycles. The Morgan fingerprint density at radius 1 is 0.600 bits per heavy atom. The van der Waals surface area contributed by atoms with Crippen molar-refractivity contribution in [3.8, 4) is 0 Å². The average molecular weight is 578 g/mol. The van der Waals surface area contributed by atoms with E-state index >= 15 is 0 Å². The van der Waals surface area contributed by atoms with Gasteiger partial charge in [0.1, 0.15) is 0 Å². The van der Waals surface area contributed by atoms with Crippen molar-refractivity contribution in [3.05, 3.63) is 181 Å². The minimum Gasteiger partial charge on any atom is -0.312 e. The summed E-state index contributed by atoms with van der Waals surface area (Å²) in [5.41, 5.74) is 16.7. The molecule has 3 nitrogen and oxygen atoms in total. The third-order valence-corrected chi connectivity index (χ3v) is 8.43. The molecule has 0 amide bonds. The van der Waals surface area contributed by atoms with Crippen LogP contribution in [0.15, 0.2) is 181 Å². The second kappa shape index (κ2) is 11.6. The molecule has 0 spiro atoms. The molecule has 214 valence electrons. The fourth-order valence-electron chi connectivity index (χ4n) is 6.50. The number of anilines is 5. The Morgan fingerprint density at radius 2 is 1.24 bits per heavy atom. The van der Waals surface area contributed by atoms with Gasteiger partial charge in [0.25, 0.3) is 0 Å². The molecule has 45 heavy (non-hydrogen) atoms. The van der Waals surface area contributed by atoms with Crippen LogP contribution < -0.4 is 9.80 Å². The summed E-state index contributed by atoms with van der Waals surface area (Å²) < 4.78 is 2.35. The maximum Gasteiger partial charge on any atom is 0.0974 e. The molecule has 0 unspecified atom stereocenters. The molecule has 0 N–H and O–H groups in total. The second-order valence-electron chi connectivity index (χ2n) is 11.2. The van der Waals surface area contributed by atoms with Crippen molar-refractivity contribution in [3.63, 3.8) is 0 Å². The summed E-state index contributed by atoms with van der Waals surface area (Å²) in [4.78, 5) is 4.81. The number of aromatic nitrogens is 1. The van der Waals surface area contributed by atoms with Crippen molar-refractivity contribution >= 4 is 55.9 Å². The zero-order chi connectivity index (χ0) is 30.0. The van der Waals surface area contributed by atoms with Gasteiger partial charge < -0.3 is 9.80 Å². The summed E-state index contributed by atoms with van der Waals surface area (Å²) in [6, 6.07) is 45.4. The largest absolute Gasteiger partial charge is 0.312 e. The molecular weight excluding hydrogens is 546 g/mol. The van der Waals surface area contributed by atoms with Crippen LogP contribution in [0, 0.1) is 0 Å². The van der Waals surface area contributed by atoms with Crippen molar-refractivity contribution in [2.24, 2.45) is 0 Å². The smallest absolute Gasteiger partial charge is 0.0974 e. The molecule has 6 aromatic rings. The predicted octanol–water partition coefficient (Wildman–Crippen LogP) is 11.4. The topological polar surface area (TPSA) is 11.4 Å². The van der Waals surface area contributed by atoms with Gasteiger partial charge in [-0.2, -0.15) is 0 Å². The van der Waals surface area contributed by atoms with Gasteiger partial charge in [0, 0.05) is 39.2 Å². The van der Waals surface area contributed by atoms with Crippen molar-refractivity contribution < 1.29 is 0 Å². The normalized spacial score (nSPS) is 13.7. The Balaban J connectivity index is 1.53. The maximum atomic E-state index is 3.41. The summed E-state index contributed by atoms with van der Waals surface area (Å²) in [6.45, 7) is 0. The number of allylic oxidation sites excluding steroid dienone is 8. The molecule has 1 heterocycles. The van der Waals surface area contributed by atoms with E-state index in [2.05, 4.69) is 178 Å². The average Bonchev–Trinajstić information content (AvgIpc) is 3.45. The Kier molecular flexibility index (Phi) is 6.87. The van der Waals surface area contributed by atoms with E-state index < -0.39 is 0 Å². The molecule has 2 aliphatic carbocycles. The monoisotopic (exact) mass is 577 g/mol. The molecule has 0 saturated carbocycles. The van der Waals surface area contributed by atoms with Gasteiger partial charge in [-0.25, -0.2) is 0 Å². The van der Waals surface area contributed by atoms with E-state index in [1.54, 1.807) is 0 Å². The lowest BCUT2D eigenvalue weighted by molar-refractivity contribution is 0.918. The number of fused-ring (bicyclic) bond motifs is 3. The second-order valence-corrected chi connectivity index (χ2v) is 11.2. The van der Waals surface area contributed by atoms with Crippen LogP contribution in [-0.2, 0) is 0 Å². The lowest BCUT2D eigenvalue weighted by Gasteiger charge is -2.32. The first-order valence-corrected chi connectivity index (χ1v) is 15.4. The van der Waals surface area contributed by atoms with Crippen LogP contribution in [0.1, 0.15) is 12.8 Å². The molecule has 5 aromatic carbocycles. The molecule has 1 aromatic heterocycles. The Hall–Kier alpha value is -5.98. The van der Waals surface area contributed by atoms with Crippen molar-refractivity contribution in [2.45, 2.75) is 12.8 Å². The fourth-order valence-corrected chi connectivity index (χ4v) is 6.50. The van der Waals surface area contributed by atoms with Crippen LogP contribution in [-0.4, -0.2) is 4.57 Å². The Labute approximate surface area is 263 Å². The third kappa shape index (κ3) is 4.83. The number of hydrogen-bond donors (Lipinski definition) is 0. The molecule has 0 fully saturated rings. The summed E-state index contributed by atoms with van der Waals surface area (Å²) in [6.07, 6.45) is 14.7. The minimum absolute atomic E-state index is 0.948. The molecule has 0 saturated heterocycles. The van der Waals surface area contributed by atoms with Gasteiger partial charge in [-0.05, 0) is 91.4 Å². The zero-order valence-corrected chi connectivity index (χ0v) is 24.8. The van der Waals surface area contributed by atoms with Gasteiger partial charge >= 0.3 is 0 Å². The SMILES string of the molecule is C1=C=C(n2c3ccccc3c3cc(N(c4ccccc4)c4ccccc4)cc(N(C4=CC=CCC4)c4ccccc4)c32)C=CC=1. The predicted molar refractivity (Wildman–Crippen MR) is 190 cm³/mol. The highest BCUT2D eigenvalue weighted by Crippen LogP contribution is 2.47. The number of nitrogens with zero attached hydrogens (tertiary/aromatic N) is 3. The van der Waals surface area contributed by atoms with Crippen LogP contribution in [0.2, 0.25) is 0 Å². The van der Waals surface area contributed by atoms with Gasteiger partial charge in [0.05, 0.1) is 22.4 Å². The molecule has 8 rings (SSSR count). The first-order valence-electron chi connectivity index (χ1n) is 15.4. The van der Waals surface area contributed by atoms with Gasteiger partial charge in [0.15, 0.2) is 0 Å². The van der Waals surface area contributed by atoms with E-state index in [1.165, 1.54) is 16.5 Å². The number of benzene rings is 5. The van der Waals surface area contributed by atoms with Crippen molar-refractivity contribution in [2.75, 3.05) is 9.80 Å².